The number of halogens is 3. The van der Waals surface area contributed by atoms with E-state index in [1.807, 2.05) is 13.8 Å². The fourth-order valence-electron chi connectivity index (χ4n) is 4.19. The molecule has 1 aromatic carbocycles. The van der Waals surface area contributed by atoms with Crippen molar-refractivity contribution >= 4 is 24.6 Å². The van der Waals surface area contributed by atoms with Crippen LogP contribution in [0.5, 0.6) is 5.75 Å². The lowest BCUT2D eigenvalue weighted by Crippen LogP contribution is -2.49. The van der Waals surface area contributed by atoms with Crippen LogP contribution in [0, 0.1) is 11.8 Å². The summed E-state index contributed by atoms with van der Waals surface area (Å²) in [6.07, 6.45) is -3.25. The molecule has 0 aliphatic rings. The van der Waals surface area contributed by atoms with Crippen molar-refractivity contribution < 1.29 is 46.5 Å². The molecule has 1 amide bonds. The molecule has 0 bridgehead atoms. The first-order valence-corrected chi connectivity index (χ1v) is 13.6. The second-order valence-corrected chi connectivity index (χ2v) is 9.80. The van der Waals surface area contributed by atoms with Crippen LogP contribution in [0.1, 0.15) is 66.9 Å². The summed E-state index contributed by atoms with van der Waals surface area (Å²) in [6, 6.07) is 3.14. The zero-order valence-electron chi connectivity index (χ0n) is 25.3. The van der Waals surface area contributed by atoms with Gasteiger partial charge in [-0.25, -0.2) is 4.79 Å². The lowest BCUT2D eigenvalue weighted by molar-refractivity contribution is -0.159. The number of rotatable bonds is 15. The fourth-order valence-corrected chi connectivity index (χ4v) is 4.19. The van der Waals surface area contributed by atoms with Crippen molar-refractivity contribution in [3.8, 4) is 5.75 Å². The minimum atomic E-state index is -4.49. The number of amides is 1. The van der Waals surface area contributed by atoms with Crippen molar-refractivity contribution in [2.24, 2.45) is 16.8 Å². The number of ether oxygens (including phenoxy) is 4. The van der Waals surface area contributed by atoms with Gasteiger partial charge in [-0.2, -0.15) is 13.2 Å². The topological polar surface area (TPSA) is 113 Å². The molecule has 3 atom stereocenters. The number of alkyl halides is 3. The largest absolute Gasteiger partial charge is 0.493 e. The van der Waals surface area contributed by atoms with E-state index in [0.717, 1.165) is 19.1 Å². The molecule has 0 saturated carbocycles. The summed E-state index contributed by atoms with van der Waals surface area (Å²) < 4.78 is 61.2. The number of nitrogens with one attached hydrogen (secondary N) is 1. The van der Waals surface area contributed by atoms with Crippen LogP contribution in [0.2, 0.25) is 0 Å². The average molecular weight is 599 g/mol. The van der Waals surface area contributed by atoms with Crippen LogP contribution in [-0.4, -0.2) is 49.9 Å². The van der Waals surface area contributed by atoms with E-state index in [9.17, 15) is 27.6 Å². The van der Waals surface area contributed by atoms with Crippen molar-refractivity contribution in [2.45, 2.75) is 85.7 Å². The molecule has 0 aromatic heterocycles. The molecule has 0 spiro atoms. The highest BCUT2D eigenvalue weighted by Gasteiger charge is 2.35. The van der Waals surface area contributed by atoms with Crippen LogP contribution in [0.25, 0.3) is 0 Å². The van der Waals surface area contributed by atoms with E-state index >= 15 is 0 Å². The number of esters is 2. The maximum atomic E-state index is 13.3. The molecule has 1 rings (SSSR count). The Bertz CT molecular complexity index is 1140. The quantitative estimate of drug-likeness (QED) is 0.0868. The van der Waals surface area contributed by atoms with Crippen LogP contribution in [0.15, 0.2) is 52.5 Å². The third-order valence-corrected chi connectivity index (χ3v) is 6.48. The van der Waals surface area contributed by atoms with Gasteiger partial charge in [-0.1, -0.05) is 27.7 Å². The minimum Gasteiger partial charge on any atom is -0.493 e. The standard InChI is InChI=1S/C30H41F3N2O7/c1-10-20(11-2)26(42-22-15-13-21(14-16-22)30(31,32)33)18(6)40-29(38)24(17(4)5)35-28(37)25(34-8)27(41-19(7)36)23(12-3)39-9/h12-18,20,24,26H,8,10-11H2,1-7,9H3,(H,35,37)/b23-12+,27-25+/t18-,24-,26-/m0/s1. The average Bonchev–Trinajstić information content (AvgIpc) is 2.91. The molecular weight excluding hydrogens is 557 g/mol. The Morgan fingerprint density at radius 2 is 1.64 bits per heavy atom. The number of methoxy groups -OCH3 is 1. The molecule has 0 unspecified atom stereocenters. The molecule has 0 radical (unpaired) electrons. The first-order valence-electron chi connectivity index (χ1n) is 13.6. The molecule has 0 heterocycles. The molecule has 0 aliphatic carbocycles. The van der Waals surface area contributed by atoms with Crippen molar-refractivity contribution in [1.82, 2.24) is 5.32 Å². The summed E-state index contributed by atoms with van der Waals surface area (Å²) in [5.74, 6) is -2.93. The number of hydrogen-bond donors (Lipinski definition) is 1. The van der Waals surface area contributed by atoms with Crippen molar-refractivity contribution in [2.75, 3.05) is 7.11 Å². The summed E-state index contributed by atoms with van der Waals surface area (Å²) in [4.78, 5) is 42.0. The van der Waals surface area contributed by atoms with Gasteiger partial charge in [0.25, 0.3) is 5.91 Å². The monoisotopic (exact) mass is 598 g/mol. The number of nitrogens with zero attached hydrogens (tertiary/aromatic N) is 1. The van der Waals surface area contributed by atoms with Gasteiger partial charge in [-0.05, 0) is 75.6 Å². The number of hydrogen-bond acceptors (Lipinski definition) is 8. The first-order chi connectivity index (χ1) is 19.6. The maximum Gasteiger partial charge on any atom is 0.416 e. The maximum absolute atomic E-state index is 13.3. The Hall–Kier alpha value is -3.83. The smallest absolute Gasteiger partial charge is 0.416 e. The van der Waals surface area contributed by atoms with Gasteiger partial charge in [-0.15, -0.1) is 0 Å². The highest BCUT2D eigenvalue weighted by atomic mass is 19.4. The summed E-state index contributed by atoms with van der Waals surface area (Å²) in [7, 11) is 1.32. The number of allylic oxidation sites excluding steroid dienone is 1. The van der Waals surface area contributed by atoms with Crippen molar-refractivity contribution in [3.63, 3.8) is 0 Å². The summed E-state index contributed by atoms with van der Waals surface area (Å²) in [6.45, 7) is 15.0. The lowest BCUT2D eigenvalue weighted by Gasteiger charge is -2.32. The van der Waals surface area contributed by atoms with Crippen LogP contribution >= 0.6 is 0 Å². The molecule has 234 valence electrons. The molecule has 0 fully saturated rings. The number of carbonyl (C=O) groups is 3. The van der Waals surface area contributed by atoms with E-state index in [4.69, 9.17) is 18.9 Å². The number of carbonyl (C=O) groups excluding carboxylic acids is 3. The Balaban J connectivity index is 3.28. The molecule has 1 N–H and O–H groups in total. The van der Waals surface area contributed by atoms with Crippen LogP contribution < -0.4 is 10.1 Å². The summed E-state index contributed by atoms with van der Waals surface area (Å²) in [5, 5.41) is 2.57. The SMILES string of the molecule is C=N/C(C(=O)N[C@H](C(=O)O[C@@H](C)[C@H](Oc1ccc(C(F)(F)F)cc1)C(CC)CC)C(C)C)=C(OC(C)=O)\C(=C/C)OC. The number of benzene rings is 1. The molecule has 0 aliphatic heterocycles. The Labute approximate surface area is 245 Å². The van der Waals surface area contributed by atoms with Gasteiger partial charge in [0.15, 0.2) is 11.5 Å². The predicted molar refractivity (Wildman–Crippen MR) is 151 cm³/mol. The van der Waals surface area contributed by atoms with Crippen LogP contribution in [0.4, 0.5) is 13.2 Å². The van der Waals surface area contributed by atoms with E-state index < -0.39 is 53.8 Å². The molecule has 9 nitrogen and oxygen atoms in total. The van der Waals surface area contributed by atoms with E-state index in [1.54, 1.807) is 27.7 Å². The van der Waals surface area contributed by atoms with Gasteiger partial charge in [0.1, 0.15) is 24.0 Å². The van der Waals surface area contributed by atoms with Gasteiger partial charge >= 0.3 is 18.1 Å². The zero-order chi connectivity index (χ0) is 32.2. The van der Waals surface area contributed by atoms with Crippen LogP contribution in [0.3, 0.4) is 0 Å². The molecule has 42 heavy (non-hydrogen) atoms. The van der Waals surface area contributed by atoms with Crippen molar-refractivity contribution in [1.29, 1.82) is 0 Å². The molecule has 12 heteroatoms. The Morgan fingerprint density at radius 3 is 2.05 bits per heavy atom. The third kappa shape index (κ3) is 10.2. The second kappa shape index (κ2) is 16.6. The van der Waals surface area contributed by atoms with E-state index in [1.165, 1.54) is 25.3 Å². The van der Waals surface area contributed by atoms with Gasteiger partial charge in [0.05, 0.1) is 12.7 Å². The van der Waals surface area contributed by atoms with E-state index in [0.29, 0.717) is 12.8 Å². The van der Waals surface area contributed by atoms with Gasteiger partial charge in [-0.3, -0.25) is 14.6 Å². The van der Waals surface area contributed by atoms with Gasteiger partial charge < -0.3 is 24.3 Å². The second-order valence-electron chi connectivity index (χ2n) is 9.80. The molecular formula is C30H41F3N2O7. The fraction of sp³-hybridized carbons (Fsp3) is 0.533. The predicted octanol–water partition coefficient (Wildman–Crippen LogP) is 5.99. The molecule has 1 aromatic rings. The normalized spacial score (nSPS) is 14.8. The van der Waals surface area contributed by atoms with Crippen LogP contribution in [-0.2, 0) is 34.8 Å². The highest BCUT2D eigenvalue weighted by molar-refractivity contribution is 5.97. The van der Waals surface area contributed by atoms with E-state index in [-0.39, 0.29) is 28.9 Å². The summed E-state index contributed by atoms with van der Waals surface area (Å²) in [5.41, 5.74) is -1.19. The van der Waals surface area contributed by atoms with Crippen molar-refractivity contribution in [3.05, 3.63) is 53.1 Å². The van der Waals surface area contributed by atoms with E-state index in [2.05, 4.69) is 17.0 Å². The third-order valence-electron chi connectivity index (χ3n) is 6.48. The van der Waals surface area contributed by atoms with Gasteiger partial charge in [0, 0.05) is 6.92 Å². The molecule has 0 saturated heterocycles. The van der Waals surface area contributed by atoms with Gasteiger partial charge in [0.2, 0.25) is 5.76 Å². The number of aliphatic imine (C=N–C) groups is 1. The highest BCUT2D eigenvalue weighted by Crippen LogP contribution is 2.31. The lowest BCUT2D eigenvalue weighted by atomic mass is 9.93. The Kier molecular flexibility index (Phi) is 14.3. The minimum absolute atomic E-state index is 0.0495. The zero-order valence-corrected chi connectivity index (χ0v) is 25.3. The first kappa shape index (κ1) is 36.2. The summed E-state index contributed by atoms with van der Waals surface area (Å²) >= 11 is 0. The Morgan fingerprint density at radius 1 is 1.07 bits per heavy atom.